The highest BCUT2D eigenvalue weighted by molar-refractivity contribution is 7.89. The van der Waals surface area contributed by atoms with Crippen molar-refractivity contribution in [1.29, 1.82) is 0 Å². The summed E-state index contributed by atoms with van der Waals surface area (Å²) < 4.78 is 34.8. The van der Waals surface area contributed by atoms with Gasteiger partial charge in [0.25, 0.3) is 0 Å². The zero-order valence-corrected chi connectivity index (χ0v) is 18.4. The molecule has 4 rings (SSSR count). The van der Waals surface area contributed by atoms with Gasteiger partial charge in [0.15, 0.2) is 0 Å². The first kappa shape index (κ1) is 20.9. The van der Waals surface area contributed by atoms with Crippen molar-refractivity contribution >= 4 is 21.1 Å². The molecule has 6 nitrogen and oxygen atoms in total. The van der Waals surface area contributed by atoms with E-state index < -0.39 is 10.0 Å². The lowest BCUT2D eigenvalue weighted by Crippen LogP contribution is -2.42. The van der Waals surface area contributed by atoms with Gasteiger partial charge in [-0.1, -0.05) is 30.3 Å². The standard InChI is InChI=1S/C23H29N3O3S/c1-18(2)30(27,28)25-14-12-19(13-15-25)16-26-22-11-7-6-10-21(22)24-23(26)17-29-20-8-4-3-5-9-20/h3-11,18-19H,12-17H2,1-2H3. The van der Waals surface area contributed by atoms with Crippen LogP contribution in [0.4, 0.5) is 0 Å². The molecule has 0 aliphatic carbocycles. The van der Waals surface area contributed by atoms with Gasteiger partial charge in [-0.15, -0.1) is 0 Å². The van der Waals surface area contributed by atoms with Gasteiger partial charge in [-0.3, -0.25) is 0 Å². The summed E-state index contributed by atoms with van der Waals surface area (Å²) in [6.45, 7) is 5.90. The molecule has 2 aromatic carbocycles. The Kier molecular flexibility index (Phi) is 6.11. The molecule has 1 aliphatic rings. The molecule has 7 heteroatoms. The summed E-state index contributed by atoms with van der Waals surface area (Å²) in [5.74, 6) is 2.14. The van der Waals surface area contributed by atoms with Crippen molar-refractivity contribution in [3.63, 3.8) is 0 Å². The minimum atomic E-state index is -3.17. The van der Waals surface area contributed by atoms with Crippen LogP contribution in [0, 0.1) is 5.92 Å². The van der Waals surface area contributed by atoms with E-state index in [4.69, 9.17) is 9.72 Å². The fraction of sp³-hybridized carbons (Fsp3) is 0.435. The zero-order valence-electron chi connectivity index (χ0n) is 17.6. The van der Waals surface area contributed by atoms with Crippen molar-refractivity contribution in [2.24, 2.45) is 5.92 Å². The van der Waals surface area contributed by atoms with Gasteiger partial charge in [-0.2, -0.15) is 0 Å². The summed E-state index contributed by atoms with van der Waals surface area (Å²) >= 11 is 0. The Balaban J connectivity index is 1.50. The number of piperidine rings is 1. The molecule has 30 heavy (non-hydrogen) atoms. The molecule has 0 radical (unpaired) electrons. The Morgan fingerprint density at radius 3 is 2.40 bits per heavy atom. The summed E-state index contributed by atoms with van der Waals surface area (Å²) in [6.07, 6.45) is 1.72. The van der Waals surface area contributed by atoms with E-state index in [0.717, 1.165) is 42.0 Å². The SMILES string of the molecule is CC(C)S(=O)(=O)N1CCC(Cn2c(COc3ccccc3)nc3ccccc32)CC1. The molecule has 2 heterocycles. The maximum absolute atomic E-state index is 12.5. The van der Waals surface area contributed by atoms with E-state index in [0.29, 0.717) is 25.6 Å². The van der Waals surface area contributed by atoms with E-state index in [1.807, 2.05) is 48.5 Å². The highest BCUT2D eigenvalue weighted by Crippen LogP contribution is 2.26. The van der Waals surface area contributed by atoms with Crippen LogP contribution in [0.5, 0.6) is 5.75 Å². The lowest BCUT2D eigenvalue weighted by atomic mass is 9.98. The van der Waals surface area contributed by atoms with E-state index in [2.05, 4.69) is 10.6 Å². The number of hydrogen-bond acceptors (Lipinski definition) is 4. The molecule has 0 atom stereocenters. The van der Waals surface area contributed by atoms with E-state index >= 15 is 0 Å². The molecule has 160 valence electrons. The Labute approximate surface area is 178 Å². The normalized spacial score (nSPS) is 16.4. The Bertz CT molecular complexity index is 1090. The van der Waals surface area contributed by atoms with Crippen molar-refractivity contribution in [2.45, 2.75) is 45.1 Å². The predicted molar refractivity (Wildman–Crippen MR) is 119 cm³/mol. The van der Waals surface area contributed by atoms with Gasteiger partial charge in [0.1, 0.15) is 18.2 Å². The third kappa shape index (κ3) is 4.37. The molecule has 0 N–H and O–H groups in total. The van der Waals surface area contributed by atoms with Gasteiger partial charge in [0.2, 0.25) is 10.0 Å². The molecule has 1 fully saturated rings. The smallest absolute Gasteiger partial charge is 0.216 e. The Hall–Kier alpha value is -2.38. The summed E-state index contributed by atoms with van der Waals surface area (Å²) in [5.41, 5.74) is 2.06. The molecule has 1 saturated heterocycles. The number of ether oxygens (including phenoxy) is 1. The summed E-state index contributed by atoms with van der Waals surface area (Å²) in [7, 11) is -3.17. The molecular formula is C23H29N3O3S. The van der Waals surface area contributed by atoms with Gasteiger partial charge in [0, 0.05) is 19.6 Å². The highest BCUT2D eigenvalue weighted by atomic mass is 32.2. The first-order valence-electron chi connectivity index (χ1n) is 10.6. The third-order valence-electron chi connectivity index (χ3n) is 5.81. The second kappa shape index (κ2) is 8.78. The molecule has 0 bridgehead atoms. The van der Waals surface area contributed by atoms with E-state index in [9.17, 15) is 8.42 Å². The van der Waals surface area contributed by atoms with E-state index in [1.54, 1.807) is 18.2 Å². The average molecular weight is 428 g/mol. The number of sulfonamides is 1. The van der Waals surface area contributed by atoms with Gasteiger partial charge >= 0.3 is 0 Å². The fourth-order valence-corrected chi connectivity index (χ4v) is 5.32. The van der Waals surface area contributed by atoms with Crippen molar-refractivity contribution in [2.75, 3.05) is 13.1 Å². The maximum Gasteiger partial charge on any atom is 0.216 e. The molecule has 0 amide bonds. The van der Waals surface area contributed by atoms with Crippen LogP contribution in [0.3, 0.4) is 0 Å². The Morgan fingerprint density at radius 1 is 1.03 bits per heavy atom. The molecule has 0 spiro atoms. The Morgan fingerprint density at radius 2 is 1.70 bits per heavy atom. The van der Waals surface area contributed by atoms with Crippen LogP contribution in [0.1, 0.15) is 32.5 Å². The van der Waals surface area contributed by atoms with Crippen LogP contribution >= 0.6 is 0 Å². The van der Waals surface area contributed by atoms with Crippen LogP contribution in [-0.4, -0.2) is 40.6 Å². The first-order valence-corrected chi connectivity index (χ1v) is 12.1. The zero-order chi connectivity index (χ0) is 21.1. The van der Waals surface area contributed by atoms with Crippen LogP contribution in [0.25, 0.3) is 11.0 Å². The number of fused-ring (bicyclic) bond motifs is 1. The summed E-state index contributed by atoms with van der Waals surface area (Å²) in [5, 5.41) is -0.367. The highest BCUT2D eigenvalue weighted by Gasteiger charge is 2.30. The lowest BCUT2D eigenvalue weighted by Gasteiger charge is -2.32. The number of rotatable bonds is 7. The largest absolute Gasteiger partial charge is 0.486 e. The van der Waals surface area contributed by atoms with Crippen molar-refractivity contribution in [3.05, 3.63) is 60.4 Å². The van der Waals surface area contributed by atoms with E-state index in [1.165, 1.54) is 0 Å². The minimum absolute atomic E-state index is 0.367. The molecule has 0 unspecified atom stereocenters. The van der Waals surface area contributed by atoms with Gasteiger partial charge in [-0.25, -0.2) is 17.7 Å². The number of hydrogen-bond donors (Lipinski definition) is 0. The second-order valence-corrected chi connectivity index (χ2v) is 10.7. The topological polar surface area (TPSA) is 64.4 Å². The minimum Gasteiger partial charge on any atom is -0.486 e. The molecule has 1 aromatic heterocycles. The van der Waals surface area contributed by atoms with Gasteiger partial charge < -0.3 is 9.30 Å². The van der Waals surface area contributed by atoms with Crippen LogP contribution in [-0.2, 0) is 23.2 Å². The number of nitrogens with zero attached hydrogens (tertiary/aromatic N) is 3. The van der Waals surface area contributed by atoms with Crippen molar-refractivity contribution in [1.82, 2.24) is 13.9 Å². The first-order chi connectivity index (χ1) is 14.4. The van der Waals surface area contributed by atoms with Crippen molar-refractivity contribution in [3.8, 4) is 5.75 Å². The maximum atomic E-state index is 12.5. The number of aromatic nitrogens is 2. The van der Waals surface area contributed by atoms with Crippen LogP contribution in [0.15, 0.2) is 54.6 Å². The monoisotopic (exact) mass is 427 g/mol. The molecular weight excluding hydrogens is 398 g/mol. The fourth-order valence-electron chi connectivity index (χ4n) is 4.01. The molecule has 0 saturated carbocycles. The number of benzene rings is 2. The summed E-state index contributed by atoms with van der Waals surface area (Å²) in [4.78, 5) is 4.80. The van der Waals surface area contributed by atoms with Gasteiger partial charge in [0.05, 0.1) is 16.3 Å². The quantitative estimate of drug-likeness (QED) is 0.570. The predicted octanol–water partition coefficient (Wildman–Crippen LogP) is 4.07. The number of para-hydroxylation sites is 3. The van der Waals surface area contributed by atoms with Crippen LogP contribution in [0.2, 0.25) is 0 Å². The summed E-state index contributed by atoms with van der Waals surface area (Å²) in [6, 6.07) is 17.9. The van der Waals surface area contributed by atoms with Crippen LogP contribution < -0.4 is 4.74 Å². The van der Waals surface area contributed by atoms with Crippen molar-refractivity contribution < 1.29 is 13.2 Å². The second-order valence-electron chi connectivity index (χ2n) is 8.17. The number of imidazole rings is 1. The average Bonchev–Trinajstić information content (AvgIpc) is 3.11. The lowest BCUT2D eigenvalue weighted by molar-refractivity contribution is 0.243. The van der Waals surface area contributed by atoms with Gasteiger partial charge in [-0.05, 0) is 56.9 Å². The molecule has 3 aromatic rings. The third-order valence-corrected chi connectivity index (χ3v) is 8.09. The molecule has 1 aliphatic heterocycles. The van der Waals surface area contributed by atoms with E-state index in [-0.39, 0.29) is 5.25 Å².